The number of aryl methyl sites for hydroxylation is 1. The van der Waals surface area contributed by atoms with E-state index in [1.165, 1.54) is 0 Å². The van der Waals surface area contributed by atoms with E-state index in [4.69, 9.17) is 4.74 Å². The lowest BCUT2D eigenvalue weighted by Gasteiger charge is -2.38. The van der Waals surface area contributed by atoms with Crippen LogP contribution in [-0.4, -0.2) is 87.5 Å². The average molecular weight is 422 g/mol. The van der Waals surface area contributed by atoms with Gasteiger partial charge in [0, 0.05) is 39.8 Å². The van der Waals surface area contributed by atoms with Gasteiger partial charge in [-0.25, -0.2) is 8.42 Å². The zero-order valence-electron chi connectivity index (χ0n) is 17.3. The number of likely N-dealkylation sites (N-methyl/N-ethyl adjacent to an activating group) is 1. The molecule has 1 amide bonds. The van der Waals surface area contributed by atoms with Crippen molar-refractivity contribution in [2.45, 2.75) is 37.2 Å². The Labute approximate surface area is 173 Å². The van der Waals surface area contributed by atoms with Gasteiger partial charge in [-0.3, -0.25) is 9.69 Å². The second kappa shape index (κ2) is 7.98. The van der Waals surface area contributed by atoms with Crippen molar-refractivity contribution >= 4 is 15.9 Å². The number of ether oxygens (including phenoxy) is 1. The van der Waals surface area contributed by atoms with Crippen molar-refractivity contribution in [1.82, 2.24) is 14.1 Å². The van der Waals surface area contributed by atoms with Crippen molar-refractivity contribution in [3.63, 3.8) is 0 Å². The van der Waals surface area contributed by atoms with E-state index in [0.29, 0.717) is 31.1 Å². The van der Waals surface area contributed by atoms with Crippen LogP contribution < -0.4 is 0 Å². The minimum Gasteiger partial charge on any atom is -0.376 e. The third kappa shape index (κ3) is 4.21. The highest BCUT2D eigenvalue weighted by atomic mass is 32.2. The van der Waals surface area contributed by atoms with Crippen molar-refractivity contribution in [3.8, 4) is 0 Å². The summed E-state index contributed by atoms with van der Waals surface area (Å²) in [6, 6.07) is 7.19. The molecule has 1 atom stereocenters. The molecule has 1 aromatic carbocycles. The molecule has 3 fully saturated rings. The molecule has 3 aliphatic heterocycles. The lowest BCUT2D eigenvalue weighted by atomic mass is 9.77. The lowest BCUT2D eigenvalue weighted by molar-refractivity contribution is -0.134. The van der Waals surface area contributed by atoms with E-state index in [1.807, 2.05) is 26.1 Å². The summed E-state index contributed by atoms with van der Waals surface area (Å²) in [5, 5.41) is 0. The number of amides is 1. The Bertz CT molecular complexity index is 864. The van der Waals surface area contributed by atoms with Crippen LogP contribution in [0.3, 0.4) is 0 Å². The van der Waals surface area contributed by atoms with Gasteiger partial charge in [0.05, 0.1) is 24.2 Å². The molecule has 0 aliphatic carbocycles. The molecule has 3 heterocycles. The van der Waals surface area contributed by atoms with E-state index in [0.717, 1.165) is 44.5 Å². The first kappa shape index (κ1) is 20.8. The highest BCUT2D eigenvalue weighted by Crippen LogP contribution is 2.43. The summed E-state index contributed by atoms with van der Waals surface area (Å²) < 4.78 is 33.8. The summed E-state index contributed by atoms with van der Waals surface area (Å²) in [5.74, 6) is 0.165. The monoisotopic (exact) mass is 421 g/mol. The van der Waals surface area contributed by atoms with Crippen molar-refractivity contribution in [1.29, 1.82) is 0 Å². The van der Waals surface area contributed by atoms with E-state index in [2.05, 4.69) is 4.90 Å². The number of carbonyl (C=O) groups is 1. The highest BCUT2D eigenvalue weighted by molar-refractivity contribution is 7.89. The smallest absolute Gasteiger partial charge is 0.243 e. The number of benzene rings is 1. The van der Waals surface area contributed by atoms with E-state index in [9.17, 15) is 13.2 Å². The Morgan fingerprint density at radius 2 is 1.86 bits per heavy atom. The van der Waals surface area contributed by atoms with Gasteiger partial charge in [-0.1, -0.05) is 18.2 Å². The fourth-order valence-electron chi connectivity index (χ4n) is 4.80. The number of hydrogen-bond acceptors (Lipinski definition) is 5. The fourth-order valence-corrected chi connectivity index (χ4v) is 6.46. The minimum atomic E-state index is -3.44. The fraction of sp³-hybridized carbons (Fsp3) is 0.667. The largest absolute Gasteiger partial charge is 0.376 e. The van der Waals surface area contributed by atoms with Crippen molar-refractivity contribution in [2.24, 2.45) is 5.41 Å². The Hall–Kier alpha value is -1.48. The predicted octanol–water partition coefficient (Wildman–Crippen LogP) is 1.33. The van der Waals surface area contributed by atoms with Gasteiger partial charge in [0.1, 0.15) is 0 Å². The van der Waals surface area contributed by atoms with Crippen LogP contribution in [0.2, 0.25) is 0 Å². The molecule has 29 heavy (non-hydrogen) atoms. The van der Waals surface area contributed by atoms with Crippen LogP contribution in [0.4, 0.5) is 0 Å². The maximum Gasteiger partial charge on any atom is 0.243 e. The molecule has 4 rings (SSSR count). The van der Waals surface area contributed by atoms with Crippen LogP contribution >= 0.6 is 0 Å². The van der Waals surface area contributed by atoms with Crippen LogP contribution in [0.15, 0.2) is 29.2 Å². The van der Waals surface area contributed by atoms with E-state index >= 15 is 0 Å². The summed E-state index contributed by atoms with van der Waals surface area (Å²) in [6.45, 7) is 6.52. The van der Waals surface area contributed by atoms with Crippen molar-refractivity contribution in [3.05, 3.63) is 29.8 Å². The third-order valence-corrected chi connectivity index (χ3v) is 8.84. The maximum atomic E-state index is 13.0. The Morgan fingerprint density at radius 3 is 2.55 bits per heavy atom. The topological polar surface area (TPSA) is 70.2 Å². The zero-order valence-corrected chi connectivity index (χ0v) is 18.2. The first-order valence-corrected chi connectivity index (χ1v) is 11.9. The van der Waals surface area contributed by atoms with Gasteiger partial charge in [0.25, 0.3) is 0 Å². The standard InChI is InChI=1S/C21H31N3O4S/c1-17-5-3-4-6-19(17)29(26,27)24-9-7-21(8-10-24)13-18(28-16-21)14-23-12-11-22(2)20(25)15-23/h3-6,18H,7-16H2,1-2H3/t18-/m1/s1. The number of carbonyl (C=O) groups excluding carboxylic acids is 1. The third-order valence-electron chi connectivity index (χ3n) is 6.78. The molecule has 3 saturated heterocycles. The number of sulfonamides is 1. The molecule has 160 valence electrons. The molecule has 0 aromatic heterocycles. The first-order valence-electron chi connectivity index (χ1n) is 10.4. The molecule has 0 saturated carbocycles. The maximum absolute atomic E-state index is 13.0. The zero-order chi connectivity index (χ0) is 20.6. The molecule has 3 aliphatic rings. The van der Waals surface area contributed by atoms with E-state index < -0.39 is 10.0 Å². The van der Waals surface area contributed by atoms with Crippen molar-refractivity contribution in [2.75, 3.05) is 52.9 Å². The van der Waals surface area contributed by atoms with Crippen LogP contribution in [0.25, 0.3) is 0 Å². The molecular weight excluding hydrogens is 390 g/mol. The van der Waals surface area contributed by atoms with Crippen LogP contribution in [0, 0.1) is 12.3 Å². The molecule has 1 aromatic rings. The molecule has 0 radical (unpaired) electrons. The quantitative estimate of drug-likeness (QED) is 0.734. The van der Waals surface area contributed by atoms with Crippen molar-refractivity contribution < 1.29 is 17.9 Å². The summed E-state index contributed by atoms with van der Waals surface area (Å²) in [5.41, 5.74) is 0.859. The summed E-state index contributed by atoms with van der Waals surface area (Å²) in [4.78, 5) is 16.3. The second-order valence-corrected chi connectivity index (χ2v) is 10.8. The normalized spacial score (nSPS) is 26.3. The molecule has 0 bridgehead atoms. The molecule has 0 N–H and O–H groups in total. The number of piperazine rings is 1. The number of piperidine rings is 1. The first-order chi connectivity index (χ1) is 13.8. The Kier molecular flexibility index (Phi) is 5.72. The molecule has 0 unspecified atom stereocenters. The second-order valence-electron chi connectivity index (χ2n) is 8.86. The van der Waals surface area contributed by atoms with E-state index in [-0.39, 0.29) is 17.4 Å². The van der Waals surface area contributed by atoms with Crippen LogP contribution in [0.1, 0.15) is 24.8 Å². The van der Waals surface area contributed by atoms with Gasteiger partial charge in [-0.15, -0.1) is 0 Å². The minimum absolute atomic E-state index is 0.0685. The van der Waals surface area contributed by atoms with Gasteiger partial charge in [0.15, 0.2) is 0 Å². The Balaban J connectivity index is 1.34. The number of hydrogen-bond donors (Lipinski definition) is 0. The van der Waals surface area contributed by atoms with E-state index in [1.54, 1.807) is 21.3 Å². The average Bonchev–Trinajstić information content (AvgIpc) is 3.07. The summed E-state index contributed by atoms with van der Waals surface area (Å²) in [7, 11) is -1.60. The SMILES string of the molecule is Cc1ccccc1S(=O)(=O)N1CCC2(CC1)CO[C@@H](CN1CCN(C)C(=O)C1)C2. The molecule has 7 nitrogen and oxygen atoms in total. The van der Waals surface area contributed by atoms with Gasteiger partial charge in [-0.2, -0.15) is 4.31 Å². The molecule has 8 heteroatoms. The molecular formula is C21H31N3O4S. The molecule has 1 spiro atoms. The van der Waals surface area contributed by atoms with Gasteiger partial charge < -0.3 is 9.64 Å². The highest BCUT2D eigenvalue weighted by Gasteiger charge is 2.45. The van der Waals surface area contributed by atoms with Gasteiger partial charge in [0.2, 0.25) is 15.9 Å². The lowest BCUT2D eigenvalue weighted by Crippen LogP contribution is -2.50. The van der Waals surface area contributed by atoms with Gasteiger partial charge in [-0.05, 0) is 43.2 Å². The predicted molar refractivity (Wildman–Crippen MR) is 110 cm³/mol. The van der Waals surface area contributed by atoms with Gasteiger partial charge >= 0.3 is 0 Å². The number of rotatable bonds is 4. The number of nitrogens with zero attached hydrogens (tertiary/aromatic N) is 3. The summed E-state index contributed by atoms with van der Waals surface area (Å²) in [6.07, 6.45) is 2.74. The Morgan fingerprint density at radius 1 is 1.14 bits per heavy atom. The van der Waals surface area contributed by atoms with Crippen LogP contribution in [0.5, 0.6) is 0 Å². The van der Waals surface area contributed by atoms with Crippen LogP contribution in [-0.2, 0) is 19.6 Å². The summed E-state index contributed by atoms with van der Waals surface area (Å²) >= 11 is 0.